The Hall–Kier alpha value is -4.07. The van der Waals surface area contributed by atoms with Gasteiger partial charge in [0.15, 0.2) is 5.71 Å². The Balaban J connectivity index is 1.25. The topological polar surface area (TPSA) is 85.6 Å². The van der Waals surface area contributed by atoms with Crippen LogP contribution in [-0.2, 0) is 9.59 Å². The molecule has 1 fully saturated rings. The lowest BCUT2D eigenvalue weighted by atomic mass is 9.99. The summed E-state index contributed by atoms with van der Waals surface area (Å²) in [6, 6.07) is 18.6. The number of amides is 4. The van der Waals surface area contributed by atoms with Gasteiger partial charge >= 0.3 is 6.03 Å². The van der Waals surface area contributed by atoms with Crippen molar-refractivity contribution in [3.8, 4) is 0 Å². The van der Waals surface area contributed by atoms with Gasteiger partial charge < -0.3 is 9.80 Å². The molecule has 2 aromatic carbocycles. The van der Waals surface area contributed by atoms with E-state index in [9.17, 15) is 14.4 Å². The summed E-state index contributed by atoms with van der Waals surface area (Å²) in [4.78, 5) is 51.5. The average molecular weight is 427 g/mol. The summed E-state index contributed by atoms with van der Waals surface area (Å²) in [5.74, 6) is -0.855. The van der Waals surface area contributed by atoms with Crippen LogP contribution in [-0.4, -0.2) is 71.8 Å². The van der Waals surface area contributed by atoms with Crippen LogP contribution in [0.5, 0.6) is 0 Å². The summed E-state index contributed by atoms with van der Waals surface area (Å²) in [5, 5.41) is 0. The molecular formula is C24H21N5O3. The van der Waals surface area contributed by atoms with Crippen molar-refractivity contribution in [2.24, 2.45) is 9.98 Å². The summed E-state index contributed by atoms with van der Waals surface area (Å²) in [5.41, 5.74) is 2.94. The van der Waals surface area contributed by atoms with Gasteiger partial charge in [0.25, 0.3) is 5.91 Å². The molecule has 3 aliphatic heterocycles. The summed E-state index contributed by atoms with van der Waals surface area (Å²) in [6.45, 7) is 2.10. The Morgan fingerprint density at radius 3 is 2.19 bits per heavy atom. The molecule has 8 heteroatoms. The lowest BCUT2D eigenvalue weighted by Crippen LogP contribution is -2.54. The SMILES string of the molecule is O=C(CN1C(=O)N=C2C(c3ccccc3)=CN=C2C1=O)N1CCN(c2ccccc2)CC1. The third kappa shape index (κ3) is 3.60. The molecule has 0 bridgehead atoms. The smallest absolute Gasteiger partial charge is 0.351 e. The molecule has 0 radical (unpaired) electrons. The number of para-hydroxylation sites is 1. The largest absolute Gasteiger partial charge is 0.368 e. The van der Waals surface area contributed by atoms with Gasteiger partial charge in [-0.2, -0.15) is 4.99 Å². The van der Waals surface area contributed by atoms with Gasteiger partial charge in [0.1, 0.15) is 12.3 Å². The van der Waals surface area contributed by atoms with Crippen molar-refractivity contribution in [1.29, 1.82) is 0 Å². The van der Waals surface area contributed by atoms with E-state index in [1.54, 1.807) is 11.1 Å². The summed E-state index contributed by atoms with van der Waals surface area (Å²) >= 11 is 0. The zero-order valence-electron chi connectivity index (χ0n) is 17.3. The fourth-order valence-corrected chi connectivity index (χ4v) is 4.08. The molecule has 0 saturated carbocycles. The molecule has 32 heavy (non-hydrogen) atoms. The Morgan fingerprint density at radius 1 is 0.844 bits per heavy atom. The lowest BCUT2D eigenvalue weighted by molar-refractivity contribution is -0.135. The first-order chi connectivity index (χ1) is 15.6. The van der Waals surface area contributed by atoms with Gasteiger partial charge in [0.2, 0.25) is 5.91 Å². The number of aliphatic imine (C=N–C) groups is 2. The van der Waals surface area contributed by atoms with Crippen LogP contribution in [0.2, 0.25) is 0 Å². The van der Waals surface area contributed by atoms with Crippen LogP contribution >= 0.6 is 0 Å². The number of piperazine rings is 1. The lowest BCUT2D eigenvalue weighted by Gasteiger charge is -2.36. The summed E-state index contributed by atoms with van der Waals surface area (Å²) in [6.07, 6.45) is 1.54. The van der Waals surface area contributed by atoms with Gasteiger partial charge in [-0.1, -0.05) is 48.5 Å². The number of hydrogen-bond acceptors (Lipinski definition) is 5. The number of nitrogens with zero attached hydrogens (tertiary/aromatic N) is 5. The maximum atomic E-state index is 12.9. The zero-order valence-corrected chi connectivity index (χ0v) is 17.3. The van der Waals surface area contributed by atoms with E-state index in [0.717, 1.165) is 16.2 Å². The number of fused-ring (bicyclic) bond motifs is 1. The summed E-state index contributed by atoms with van der Waals surface area (Å²) in [7, 11) is 0. The normalized spacial score (nSPS) is 18.2. The maximum Gasteiger partial charge on any atom is 0.351 e. The molecule has 0 aliphatic carbocycles. The van der Waals surface area contributed by atoms with Crippen LogP contribution in [0.25, 0.3) is 5.57 Å². The van der Waals surface area contributed by atoms with Crippen molar-refractivity contribution >= 4 is 40.5 Å². The minimum Gasteiger partial charge on any atom is -0.368 e. The number of rotatable bonds is 4. The number of anilines is 1. The highest BCUT2D eigenvalue weighted by molar-refractivity contribution is 6.78. The molecule has 0 N–H and O–H groups in total. The van der Waals surface area contributed by atoms with E-state index in [4.69, 9.17) is 0 Å². The van der Waals surface area contributed by atoms with Gasteiger partial charge in [0.05, 0.1) is 0 Å². The van der Waals surface area contributed by atoms with E-state index >= 15 is 0 Å². The monoisotopic (exact) mass is 427 g/mol. The van der Waals surface area contributed by atoms with Crippen molar-refractivity contribution in [3.63, 3.8) is 0 Å². The molecule has 0 spiro atoms. The second-order valence-corrected chi connectivity index (χ2v) is 7.72. The third-order valence-corrected chi connectivity index (χ3v) is 5.82. The van der Waals surface area contributed by atoms with Crippen molar-refractivity contribution < 1.29 is 14.4 Å². The predicted octanol–water partition coefficient (Wildman–Crippen LogP) is 2.23. The van der Waals surface area contributed by atoms with Gasteiger partial charge in [0, 0.05) is 43.6 Å². The highest BCUT2D eigenvalue weighted by Gasteiger charge is 2.39. The van der Waals surface area contributed by atoms with Gasteiger partial charge in [-0.3, -0.25) is 9.59 Å². The molecule has 0 unspecified atom stereocenters. The van der Waals surface area contributed by atoms with E-state index in [-0.39, 0.29) is 23.9 Å². The van der Waals surface area contributed by atoms with Crippen molar-refractivity contribution in [2.45, 2.75) is 0 Å². The summed E-state index contributed by atoms with van der Waals surface area (Å²) < 4.78 is 0. The van der Waals surface area contributed by atoms with Crippen LogP contribution in [0.15, 0.2) is 76.8 Å². The average Bonchev–Trinajstić information content (AvgIpc) is 3.26. The molecule has 3 heterocycles. The second-order valence-electron chi connectivity index (χ2n) is 7.72. The molecule has 1 saturated heterocycles. The molecule has 0 aromatic heterocycles. The predicted molar refractivity (Wildman–Crippen MR) is 122 cm³/mol. The van der Waals surface area contributed by atoms with E-state index in [1.165, 1.54) is 0 Å². The van der Waals surface area contributed by atoms with Crippen LogP contribution in [0.1, 0.15) is 5.56 Å². The van der Waals surface area contributed by atoms with Crippen molar-refractivity contribution in [1.82, 2.24) is 9.80 Å². The molecular weight excluding hydrogens is 406 g/mol. The van der Waals surface area contributed by atoms with Crippen LogP contribution < -0.4 is 4.90 Å². The van der Waals surface area contributed by atoms with Crippen LogP contribution in [0, 0.1) is 0 Å². The molecule has 2 aromatic rings. The number of benzene rings is 2. The highest BCUT2D eigenvalue weighted by Crippen LogP contribution is 2.25. The fraction of sp³-hybridized carbons (Fsp3) is 0.208. The fourth-order valence-electron chi connectivity index (χ4n) is 4.08. The van der Waals surface area contributed by atoms with E-state index < -0.39 is 11.9 Å². The maximum absolute atomic E-state index is 12.9. The van der Waals surface area contributed by atoms with Crippen molar-refractivity contribution in [3.05, 3.63) is 72.4 Å². The second kappa shape index (κ2) is 8.22. The third-order valence-electron chi connectivity index (χ3n) is 5.82. The van der Waals surface area contributed by atoms with Crippen LogP contribution in [0.3, 0.4) is 0 Å². The Kier molecular flexibility index (Phi) is 5.10. The minimum absolute atomic E-state index is 0.102. The zero-order chi connectivity index (χ0) is 22.1. The Labute approximate surface area is 185 Å². The number of carbonyl (C=O) groups excluding carboxylic acids is 3. The first-order valence-electron chi connectivity index (χ1n) is 10.5. The van der Waals surface area contributed by atoms with Gasteiger partial charge in [-0.15, -0.1) is 0 Å². The van der Waals surface area contributed by atoms with E-state index in [1.807, 2.05) is 60.7 Å². The molecule has 8 nitrogen and oxygen atoms in total. The van der Waals surface area contributed by atoms with Crippen molar-refractivity contribution in [2.75, 3.05) is 37.6 Å². The first kappa shape index (κ1) is 19.9. The van der Waals surface area contributed by atoms with Crippen LogP contribution in [0.4, 0.5) is 10.5 Å². The molecule has 0 atom stereocenters. The number of hydrogen-bond donors (Lipinski definition) is 0. The first-order valence-corrected chi connectivity index (χ1v) is 10.5. The Bertz CT molecular complexity index is 1160. The number of imide groups is 1. The standard InChI is InChI=1S/C24H21N5O3/c30-20(28-13-11-27(12-14-28)18-9-5-2-6-10-18)16-29-23(31)22-21(26-24(29)32)19(15-25-22)17-7-3-1-4-8-17/h1-10,15H,11-14,16H2. The molecule has 160 valence electrons. The van der Waals surface area contributed by atoms with E-state index in [2.05, 4.69) is 14.9 Å². The van der Waals surface area contributed by atoms with Gasteiger partial charge in [-0.25, -0.2) is 14.7 Å². The number of allylic oxidation sites excluding steroid dienone is 1. The highest BCUT2D eigenvalue weighted by atomic mass is 16.2. The Morgan fingerprint density at radius 2 is 1.50 bits per heavy atom. The number of urea groups is 1. The molecule has 3 aliphatic rings. The minimum atomic E-state index is -0.732. The van der Waals surface area contributed by atoms with Gasteiger partial charge in [-0.05, 0) is 17.7 Å². The molecule has 5 rings (SSSR count). The quantitative estimate of drug-likeness (QED) is 0.749. The van der Waals surface area contributed by atoms with E-state index in [0.29, 0.717) is 31.8 Å². The molecule has 4 amide bonds. The number of carbonyl (C=O) groups is 3.